The van der Waals surface area contributed by atoms with Gasteiger partial charge in [-0.05, 0) is 20.8 Å². The molecule has 0 aliphatic carbocycles. The fourth-order valence-electron chi connectivity index (χ4n) is 3.68. The number of piperazine rings is 1. The van der Waals surface area contributed by atoms with Crippen LogP contribution in [0.2, 0.25) is 0 Å². The van der Waals surface area contributed by atoms with Crippen LogP contribution in [0.1, 0.15) is 25.7 Å². The second-order valence-electron chi connectivity index (χ2n) is 7.87. The molecule has 30 heavy (non-hydrogen) atoms. The zero-order chi connectivity index (χ0) is 21.3. The van der Waals surface area contributed by atoms with Crippen LogP contribution in [-0.2, 0) is 14.8 Å². The van der Waals surface area contributed by atoms with Gasteiger partial charge in [0, 0.05) is 57.6 Å². The minimum absolute atomic E-state index is 0.108. The van der Waals surface area contributed by atoms with Crippen LogP contribution in [0.25, 0.3) is 0 Å². The minimum atomic E-state index is -3.59. The quantitative estimate of drug-likeness (QED) is 0.684. The lowest BCUT2D eigenvalue weighted by atomic mass is 10.3. The molecule has 0 spiro atoms. The van der Waals surface area contributed by atoms with Crippen molar-refractivity contribution in [3.05, 3.63) is 24.4 Å². The van der Waals surface area contributed by atoms with Gasteiger partial charge in [-0.1, -0.05) is 0 Å². The van der Waals surface area contributed by atoms with Gasteiger partial charge in [0.1, 0.15) is 17.5 Å². The zero-order valence-corrected chi connectivity index (χ0v) is 18.5. The molecule has 11 heteroatoms. The summed E-state index contributed by atoms with van der Waals surface area (Å²) in [6, 6.07) is 2.16. The Morgan fingerprint density at radius 1 is 0.967 bits per heavy atom. The van der Waals surface area contributed by atoms with Crippen LogP contribution in [0.4, 0.5) is 11.6 Å². The highest BCUT2D eigenvalue weighted by atomic mass is 32.2. The molecule has 2 aliphatic rings. The van der Waals surface area contributed by atoms with Gasteiger partial charge in [0.25, 0.3) is 10.0 Å². The van der Waals surface area contributed by atoms with Crippen molar-refractivity contribution < 1.29 is 13.2 Å². The Balaban J connectivity index is 1.46. The van der Waals surface area contributed by atoms with E-state index in [-0.39, 0.29) is 11.1 Å². The molecule has 0 bridgehead atoms. The van der Waals surface area contributed by atoms with Gasteiger partial charge in [0.2, 0.25) is 0 Å². The van der Waals surface area contributed by atoms with Gasteiger partial charge in [-0.2, -0.15) is 4.31 Å². The summed E-state index contributed by atoms with van der Waals surface area (Å²) in [7, 11) is -3.59. The van der Waals surface area contributed by atoms with Crippen LogP contribution >= 0.6 is 0 Å². The first-order chi connectivity index (χ1) is 14.3. The van der Waals surface area contributed by atoms with Gasteiger partial charge in [0.15, 0.2) is 5.03 Å². The molecule has 0 unspecified atom stereocenters. The molecule has 2 aliphatic heterocycles. The van der Waals surface area contributed by atoms with Crippen molar-refractivity contribution >= 4 is 21.7 Å². The Labute approximate surface area is 177 Å². The second-order valence-corrected chi connectivity index (χ2v) is 9.76. The third-order valence-electron chi connectivity index (χ3n) is 5.49. The van der Waals surface area contributed by atoms with Crippen molar-refractivity contribution in [2.75, 3.05) is 62.3 Å². The summed E-state index contributed by atoms with van der Waals surface area (Å²) >= 11 is 0. The van der Waals surface area contributed by atoms with Crippen molar-refractivity contribution in [3.8, 4) is 0 Å². The summed E-state index contributed by atoms with van der Waals surface area (Å²) in [5.74, 6) is 2.45. The Bertz CT molecular complexity index is 978. The molecule has 4 heterocycles. The average Bonchev–Trinajstić information content (AvgIpc) is 3.26. The lowest BCUT2D eigenvalue weighted by Crippen LogP contribution is -2.49. The number of sulfonamides is 1. The van der Waals surface area contributed by atoms with Crippen molar-refractivity contribution in [1.82, 2.24) is 23.8 Å². The third kappa shape index (κ3) is 4.28. The van der Waals surface area contributed by atoms with Gasteiger partial charge in [0.05, 0.1) is 19.5 Å². The first-order valence-electron chi connectivity index (χ1n) is 10.3. The topological polar surface area (TPSA) is 96.7 Å². The standard InChI is InChI=1S/C19H29N7O3S/c1-15(2)25-13-19(20-14-25)30(27,28)26-6-4-23(5-7-26)17-12-18(22-16(3)21-17)24-8-10-29-11-9-24/h12-15H,4-11H2,1-3H3. The van der Waals surface area contributed by atoms with E-state index in [1.165, 1.54) is 4.31 Å². The molecule has 0 amide bonds. The molecule has 0 saturated carbocycles. The zero-order valence-electron chi connectivity index (χ0n) is 17.7. The number of hydrogen-bond donors (Lipinski definition) is 0. The number of imidazole rings is 1. The van der Waals surface area contributed by atoms with E-state index >= 15 is 0 Å². The monoisotopic (exact) mass is 435 g/mol. The molecule has 0 aromatic carbocycles. The van der Waals surface area contributed by atoms with Crippen LogP contribution < -0.4 is 9.80 Å². The number of morpholine rings is 1. The van der Waals surface area contributed by atoms with Crippen molar-refractivity contribution in [3.63, 3.8) is 0 Å². The normalized spacial score (nSPS) is 18.9. The third-order valence-corrected chi connectivity index (χ3v) is 7.27. The fourth-order valence-corrected chi connectivity index (χ4v) is 5.02. The van der Waals surface area contributed by atoms with Gasteiger partial charge in [-0.25, -0.2) is 23.4 Å². The second kappa shape index (κ2) is 8.48. The first kappa shape index (κ1) is 21.0. The maximum atomic E-state index is 13.0. The van der Waals surface area contributed by atoms with Crippen LogP contribution in [0.15, 0.2) is 23.6 Å². The van der Waals surface area contributed by atoms with Crippen molar-refractivity contribution in [2.24, 2.45) is 0 Å². The molecule has 0 atom stereocenters. The molecule has 4 rings (SSSR count). The van der Waals surface area contributed by atoms with Crippen molar-refractivity contribution in [1.29, 1.82) is 0 Å². The summed E-state index contributed by atoms with van der Waals surface area (Å²) in [4.78, 5) is 17.6. The largest absolute Gasteiger partial charge is 0.378 e. The van der Waals surface area contributed by atoms with E-state index in [0.717, 1.165) is 24.7 Å². The smallest absolute Gasteiger partial charge is 0.262 e. The van der Waals surface area contributed by atoms with Crippen molar-refractivity contribution in [2.45, 2.75) is 31.8 Å². The molecule has 2 fully saturated rings. The van der Waals surface area contributed by atoms with E-state index in [1.807, 2.05) is 26.8 Å². The molecular weight excluding hydrogens is 406 g/mol. The van der Waals surface area contributed by atoms with E-state index in [4.69, 9.17) is 4.74 Å². The summed E-state index contributed by atoms with van der Waals surface area (Å²) in [5.41, 5.74) is 0. The Morgan fingerprint density at radius 2 is 1.57 bits per heavy atom. The molecule has 164 valence electrons. The van der Waals surface area contributed by atoms with E-state index in [2.05, 4.69) is 24.8 Å². The molecule has 10 nitrogen and oxygen atoms in total. The van der Waals surface area contributed by atoms with Crippen LogP contribution in [0, 0.1) is 6.92 Å². The molecule has 2 aromatic rings. The van der Waals surface area contributed by atoms with E-state index in [0.29, 0.717) is 45.2 Å². The SMILES string of the molecule is Cc1nc(N2CCOCC2)cc(N2CCN(S(=O)(=O)c3cn(C(C)C)cn3)CC2)n1. The number of aryl methyl sites for hydroxylation is 1. The lowest BCUT2D eigenvalue weighted by molar-refractivity contribution is 0.122. The minimum Gasteiger partial charge on any atom is -0.378 e. The Morgan fingerprint density at radius 3 is 2.13 bits per heavy atom. The average molecular weight is 436 g/mol. The summed E-state index contributed by atoms with van der Waals surface area (Å²) < 4.78 is 34.7. The predicted molar refractivity (Wildman–Crippen MR) is 113 cm³/mol. The van der Waals surface area contributed by atoms with Crippen LogP contribution in [0.3, 0.4) is 0 Å². The van der Waals surface area contributed by atoms with E-state index in [9.17, 15) is 8.42 Å². The number of rotatable bonds is 5. The summed E-state index contributed by atoms with van der Waals surface area (Å²) in [6.07, 6.45) is 3.18. The lowest BCUT2D eigenvalue weighted by Gasteiger charge is -2.35. The number of hydrogen-bond acceptors (Lipinski definition) is 8. The van der Waals surface area contributed by atoms with Gasteiger partial charge in [-0.3, -0.25) is 0 Å². The maximum Gasteiger partial charge on any atom is 0.262 e. The highest BCUT2D eigenvalue weighted by Gasteiger charge is 2.31. The maximum absolute atomic E-state index is 13.0. The Kier molecular flexibility index (Phi) is 5.94. The molecular formula is C19H29N7O3S. The first-order valence-corrected chi connectivity index (χ1v) is 11.8. The van der Waals surface area contributed by atoms with Gasteiger partial charge in [-0.15, -0.1) is 0 Å². The van der Waals surface area contributed by atoms with E-state index < -0.39 is 10.0 Å². The molecule has 0 radical (unpaired) electrons. The van der Waals surface area contributed by atoms with E-state index in [1.54, 1.807) is 17.1 Å². The number of nitrogens with zero attached hydrogens (tertiary/aromatic N) is 7. The number of aromatic nitrogens is 4. The highest BCUT2D eigenvalue weighted by molar-refractivity contribution is 7.89. The Hall–Kier alpha value is -2.24. The van der Waals surface area contributed by atoms with Crippen LogP contribution in [-0.4, -0.2) is 84.7 Å². The highest BCUT2D eigenvalue weighted by Crippen LogP contribution is 2.23. The summed E-state index contributed by atoms with van der Waals surface area (Å²) in [6.45, 7) is 10.8. The van der Waals surface area contributed by atoms with Crippen LogP contribution in [0.5, 0.6) is 0 Å². The predicted octanol–water partition coefficient (Wildman–Crippen LogP) is 0.910. The van der Waals surface area contributed by atoms with Gasteiger partial charge >= 0.3 is 0 Å². The summed E-state index contributed by atoms with van der Waals surface area (Å²) in [5, 5.41) is 0.108. The fraction of sp³-hybridized carbons (Fsp3) is 0.632. The van der Waals surface area contributed by atoms with Gasteiger partial charge < -0.3 is 19.1 Å². The molecule has 2 saturated heterocycles. The number of anilines is 2. The molecule has 2 aromatic heterocycles. The number of ether oxygens (including phenoxy) is 1. The molecule has 0 N–H and O–H groups in total.